The fraction of sp³-hybridized carbons (Fsp3) is 0.133. The van der Waals surface area contributed by atoms with Crippen molar-refractivity contribution in [3.05, 3.63) is 63.4 Å². The summed E-state index contributed by atoms with van der Waals surface area (Å²) in [4.78, 5) is 13.7. The summed E-state index contributed by atoms with van der Waals surface area (Å²) in [6.07, 6.45) is 0. The van der Waals surface area contributed by atoms with Crippen LogP contribution in [-0.4, -0.2) is 5.91 Å². The van der Waals surface area contributed by atoms with Crippen molar-refractivity contribution < 1.29 is 9.18 Å². The van der Waals surface area contributed by atoms with Gasteiger partial charge in [-0.25, -0.2) is 4.39 Å². The molecule has 1 heterocycles. The Kier molecular flexibility index (Phi) is 3.61. The van der Waals surface area contributed by atoms with Crippen LogP contribution in [0.15, 0.2) is 36.4 Å². The highest BCUT2D eigenvalue weighted by Crippen LogP contribution is 2.37. The molecule has 3 rings (SSSR count). The standard InChI is InChI=1S/C15H11Cl2FN2O/c16-9-2-1-8(12(17)5-9)7-20-13-6-10(18)3-4-11(13)14(19)15(20)21/h1-6,14H,7,19H2. The fourth-order valence-corrected chi connectivity index (χ4v) is 2.88. The van der Waals surface area contributed by atoms with Crippen molar-refractivity contribution in [2.75, 3.05) is 4.90 Å². The van der Waals surface area contributed by atoms with E-state index < -0.39 is 11.9 Å². The van der Waals surface area contributed by atoms with E-state index in [9.17, 15) is 9.18 Å². The molecule has 0 spiro atoms. The topological polar surface area (TPSA) is 46.3 Å². The van der Waals surface area contributed by atoms with E-state index in [0.717, 1.165) is 5.56 Å². The molecular weight excluding hydrogens is 314 g/mol. The van der Waals surface area contributed by atoms with Crippen molar-refractivity contribution in [3.8, 4) is 0 Å². The maximum Gasteiger partial charge on any atom is 0.248 e. The first kappa shape index (κ1) is 14.3. The van der Waals surface area contributed by atoms with Crippen molar-refractivity contribution in [2.45, 2.75) is 12.6 Å². The smallest absolute Gasteiger partial charge is 0.248 e. The predicted molar refractivity (Wildman–Crippen MR) is 81.0 cm³/mol. The minimum Gasteiger partial charge on any atom is -0.316 e. The summed E-state index contributed by atoms with van der Waals surface area (Å²) in [6, 6.07) is 8.40. The molecule has 3 nitrogen and oxygen atoms in total. The lowest BCUT2D eigenvalue weighted by atomic mass is 10.1. The molecule has 0 aromatic heterocycles. The first-order valence-electron chi connectivity index (χ1n) is 6.27. The molecule has 1 amide bonds. The number of hydrogen-bond donors (Lipinski definition) is 1. The van der Waals surface area contributed by atoms with Gasteiger partial charge in [-0.05, 0) is 29.8 Å². The summed E-state index contributed by atoms with van der Waals surface area (Å²) < 4.78 is 13.4. The lowest BCUT2D eigenvalue weighted by Crippen LogP contribution is -2.31. The zero-order chi connectivity index (χ0) is 15.1. The number of amides is 1. The summed E-state index contributed by atoms with van der Waals surface area (Å²) in [5, 5.41) is 0.966. The largest absolute Gasteiger partial charge is 0.316 e. The molecule has 21 heavy (non-hydrogen) atoms. The Morgan fingerprint density at radius 3 is 2.67 bits per heavy atom. The van der Waals surface area contributed by atoms with E-state index in [0.29, 0.717) is 21.3 Å². The predicted octanol–water partition coefficient (Wildman–Crippen LogP) is 3.68. The maximum atomic E-state index is 13.4. The molecule has 0 aliphatic carbocycles. The number of benzene rings is 2. The van der Waals surface area contributed by atoms with Crippen LogP contribution in [0.2, 0.25) is 10.0 Å². The van der Waals surface area contributed by atoms with Crippen LogP contribution < -0.4 is 10.6 Å². The molecule has 0 fully saturated rings. The van der Waals surface area contributed by atoms with Gasteiger partial charge in [0, 0.05) is 15.6 Å². The van der Waals surface area contributed by atoms with E-state index in [-0.39, 0.29) is 12.5 Å². The monoisotopic (exact) mass is 324 g/mol. The van der Waals surface area contributed by atoms with Gasteiger partial charge in [-0.15, -0.1) is 0 Å². The highest BCUT2D eigenvalue weighted by Gasteiger charge is 2.35. The maximum absolute atomic E-state index is 13.4. The highest BCUT2D eigenvalue weighted by molar-refractivity contribution is 6.35. The van der Waals surface area contributed by atoms with E-state index in [4.69, 9.17) is 28.9 Å². The molecule has 0 saturated heterocycles. The van der Waals surface area contributed by atoms with Crippen LogP contribution in [0.5, 0.6) is 0 Å². The molecule has 2 aromatic carbocycles. The summed E-state index contributed by atoms with van der Waals surface area (Å²) in [6.45, 7) is 0.221. The normalized spacial score (nSPS) is 17.2. The van der Waals surface area contributed by atoms with E-state index in [1.165, 1.54) is 23.1 Å². The lowest BCUT2D eigenvalue weighted by molar-refractivity contribution is -0.119. The molecule has 2 N–H and O–H groups in total. The van der Waals surface area contributed by atoms with Gasteiger partial charge in [-0.1, -0.05) is 35.3 Å². The van der Waals surface area contributed by atoms with Crippen molar-refractivity contribution in [2.24, 2.45) is 5.73 Å². The molecule has 108 valence electrons. The Morgan fingerprint density at radius 2 is 1.95 bits per heavy atom. The van der Waals surface area contributed by atoms with Crippen LogP contribution in [0.4, 0.5) is 10.1 Å². The second-order valence-electron chi connectivity index (χ2n) is 4.84. The molecule has 1 unspecified atom stereocenters. The van der Waals surface area contributed by atoms with Gasteiger partial charge >= 0.3 is 0 Å². The zero-order valence-electron chi connectivity index (χ0n) is 10.8. The van der Waals surface area contributed by atoms with Gasteiger partial charge in [0.15, 0.2) is 0 Å². The number of nitrogens with zero attached hydrogens (tertiary/aromatic N) is 1. The van der Waals surface area contributed by atoms with Gasteiger partial charge in [-0.3, -0.25) is 4.79 Å². The van der Waals surface area contributed by atoms with Gasteiger partial charge in [0.2, 0.25) is 5.91 Å². The molecule has 1 atom stereocenters. The van der Waals surface area contributed by atoms with E-state index in [1.807, 2.05) is 0 Å². The van der Waals surface area contributed by atoms with Gasteiger partial charge in [0.25, 0.3) is 0 Å². The summed E-state index contributed by atoms with van der Waals surface area (Å²) in [5.41, 5.74) is 7.70. The second kappa shape index (κ2) is 5.30. The first-order valence-corrected chi connectivity index (χ1v) is 7.03. The summed E-state index contributed by atoms with van der Waals surface area (Å²) >= 11 is 12.0. The third-order valence-electron chi connectivity index (χ3n) is 3.49. The average Bonchev–Trinajstić information content (AvgIpc) is 2.66. The van der Waals surface area contributed by atoms with Gasteiger partial charge in [0.05, 0.1) is 12.2 Å². The lowest BCUT2D eigenvalue weighted by Gasteiger charge is -2.18. The van der Waals surface area contributed by atoms with E-state index >= 15 is 0 Å². The van der Waals surface area contributed by atoms with Crippen LogP contribution in [0.25, 0.3) is 0 Å². The number of carbonyl (C=O) groups excluding carboxylic acids is 1. The van der Waals surface area contributed by atoms with Crippen LogP contribution in [0.1, 0.15) is 17.2 Å². The van der Waals surface area contributed by atoms with Gasteiger partial charge in [0.1, 0.15) is 11.9 Å². The number of hydrogen-bond acceptors (Lipinski definition) is 2. The minimum atomic E-state index is -0.772. The van der Waals surface area contributed by atoms with Gasteiger partial charge in [-0.2, -0.15) is 0 Å². The minimum absolute atomic E-state index is 0.221. The Balaban J connectivity index is 2.00. The average molecular weight is 325 g/mol. The number of fused-ring (bicyclic) bond motifs is 1. The van der Waals surface area contributed by atoms with E-state index in [2.05, 4.69) is 0 Å². The number of carbonyl (C=O) groups is 1. The molecule has 0 saturated carbocycles. The molecule has 6 heteroatoms. The third-order valence-corrected chi connectivity index (χ3v) is 4.08. The zero-order valence-corrected chi connectivity index (χ0v) is 12.3. The molecule has 0 radical (unpaired) electrons. The summed E-state index contributed by atoms with van der Waals surface area (Å²) in [5.74, 6) is -0.690. The number of rotatable bonds is 2. The van der Waals surface area contributed by atoms with E-state index in [1.54, 1.807) is 18.2 Å². The Hall–Kier alpha value is -1.62. The van der Waals surface area contributed by atoms with Crippen molar-refractivity contribution in [3.63, 3.8) is 0 Å². The Bertz CT molecular complexity index is 736. The Labute approximate surface area is 131 Å². The third kappa shape index (κ3) is 2.50. The quantitative estimate of drug-likeness (QED) is 0.915. The van der Waals surface area contributed by atoms with Crippen molar-refractivity contribution in [1.82, 2.24) is 0 Å². The fourth-order valence-electron chi connectivity index (χ4n) is 2.42. The number of nitrogens with two attached hydrogens (primary N) is 1. The van der Waals surface area contributed by atoms with Crippen LogP contribution in [0, 0.1) is 5.82 Å². The number of halogens is 3. The first-order chi connectivity index (χ1) is 9.97. The molecule has 2 aromatic rings. The number of anilines is 1. The summed E-state index contributed by atoms with van der Waals surface area (Å²) in [7, 11) is 0. The SMILES string of the molecule is NC1C(=O)N(Cc2ccc(Cl)cc2Cl)c2cc(F)ccc21. The Morgan fingerprint density at radius 1 is 1.19 bits per heavy atom. The van der Waals surface area contributed by atoms with Crippen LogP contribution >= 0.6 is 23.2 Å². The van der Waals surface area contributed by atoms with Crippen LogP contribution in [-0.2, 0) is 11.3 Å². The van der Waals surface area contributed by atoms with Crippen LogP contribution in [0.3, 0.4) is 0 Å². The highest BCUT2D eigenvalue weighted by atomic mass is 35.5. The molecule has 1 aliphatic rings. The van der Waals surface area contributed by atoms with Gasteiger partial charge < -0.3 is 10.6 Å². The molecular formula is C15H11Cl2FN2O. The second-order valence-corrected chi connectivity index (χ2v) is 5.68. The van der Waals surface area contributed by atoms with Crippen molar-refractivity contribution >= 4 is 34.8 Å². The molecule has 1 aliphatic heterocycles. The molecule has 0 bridgehead atoms. The van der Waals surface area contributed by atoms with Crippen molar-refractivity contribution in [1.29, 1.82) is 0 Å².